The highest BCUT2D eigenvalue weighted by molar-refractivity contribution is 5.88. The molecule has 0 amide bonds. The van der Waals surface area contributed by atoms with Crippen molar-refractivity contribution in [2.24, 2.45) is 9.98 Å². The van der Waals surface area contributed by atoms with Crippen molar-refractivity contribution >= 4 is 11.4 Å². The van der Waals surface area contributed by atoms with Crippen LogP contribution in [0, 0.1) is 0 Å². The van der Waals surface area contributed by atoms with E-state index in [-0.39, 0.29) is 46.4 Å². The molecule has 2 saturated heterocycles. The van der Waals surface area contributed by atoms with Gasteiger partial charge in [-0.2, -0.15) is 5.06 Å². The molecule has 2 aliphatic heterocycles. The average molecular weight is 609 g/mol. The van der Waals surface area contributed by atoms with Crippen molar-refractivity contribution in [2.75, 3.05) is 40.1 Å². The molecule has 2 aliphatic rings. The molecule has 0 N–H and O–H groups in total. The summed E-state index contributed by atoms with van der Waals surface area (Å²) < 4.78 is 18.4. The second kappa shape index (κ2) is 16.1. The number of nitrogens with zero attached hydrogens (tertiary/aromatic N) is 4. The van der Waals surface area contributed by atoms with Crippen molar-refractivity contribution < 1.29 is 19.0 Å². The van der Waals surface area contributed by atoms with Crippen molar-refractivity contribution in [1.29, 1.82) is 0 Å². The van der Waals surface area contributed by atoms with Crippen molar-refractivity contribution in [3.63, 3.8) is 0 Å². The van der Waals surface area contributed by atoms with E-state index in [2.05, 4.69) is 100.0 Å². The van der Waals surface area contributed by atoms with Crippen LogP contribution in [0.4, 0.5) is 0 Å². The first-order valence-electron chi connectivity index (χ1n) is 16.9. The standard InChI is InChI=1S/C35H68N4O4/c1-15-31(43-24-27(4)37-30-21-34(10,11)39(40-14)35(12,13)22-30)17-18-41-25-28(5)42-23-26(3)36-29-19-32(6,7)38(16-2)33(8,9)20-29/h26-28,31H,15-25H2,1-14H3/t26?,27?,28-,31?/m1/s1. The fourth-order valence-electron chi connectivity index (χ4n) is 7.82. The minimum absolute atomic E-state index is 0.0346. The summed E-state index contributed by atoms with van der Waals surface area (Å²) in [6.07, 6.45) is 5.88. The molecule has 43 heavy (non-hydrogen) atoms. The predicted octanol–water partition coefficient (Wildman–Crippen LogP) is 7.14. The number of ether oxygens (including phenoxy) is 3. The predicted molar refractivity (Wildman–Crippen MR) is 181 cm³/mol. The van der Waals surface area contributed by atoms with Crippen LogP contribution in [-0.4, -0.2) is 108 Å². The van der Waals surface area contributed by atoms with E-state index in [1.807, 2.05) is 0 Å². The van der Waals surface area contributed by atoms with Gasteiger partial charge < -0.3 is 19.0 Å². The Hall–Kier alpha value is -0.900. The fraction of sp³-hybridized carbons (Fsp3) is 0.943. The van der Waals surface area contributed by atoms with E-state index >= 15 is 0 Å². The van der Waals surface area contributed by atoms with Crippen molar-refractivity contribution in [2.45, 2.75) is 175 Å². The Labute approximate surface area is 265 Å². The van der Waals surface area contributed by atoms with Crippen molar-refractivity contribution in [3.8, 4) is 0 Å². The molecule has 0 saturated carbocycles. The number of hydroxylamine groups is 2. The number of hydrogen-bond donors (Lipinski definition) is 0. The second-order valence-electron chi connectivity index (χ2n) is 15.6. The van der Waals surface area contributed by atoms with Gasteiger partial charge in [-0.15, -0.1) is 0 Å². The van der Waals surface area contributed by atoms with Crippen LogP contribution in [0.15, 0.2) is 9.98 Å². The Morgan fingerprint density at radius 2 is 1.16 bits per heavy atom. The topological polar surface area (TPSA) is 68.1 Å². The second-order valence-corrected chi connectivity index (χ2v) is 15.6. The SMILES string of the molecule is CCC(CCOC[C@@H](C)OCC(C)N=C1CC(C)(C)N(CC)C(C)(C)C1)OCC(C)N=C1CC(C)(C)N(OC)C(C)(C)C1. The van der Waals surface area contributed by atoms with Crippen LogP contribution in [-0.2, 0) is 19.0 Å². The first kappa shape index (κ1) is 38.3. The van der Waals surface area contributed by atoms with Crippen LogP contribution in [0.1, 0.15) is 129 Å². The van der Waals surface area contributed by atoms with Crippen LogP contribution >= 0.6 is 0 Å². The molecule has 8 nitrogen and oxygen atoms in total. The zero-order chi connectivity index (χ0) is 32.6. The monoisotopic (exact) mass is 609 g/mol. The highest BCUT2D eigenvalue weighted by Crippen LogP contribution is 2.38. The van der Waals surface area contributed by atoms with E-state index < -0.39 is 0 Å². The number of piperidine rings is 2. The maximum atomic E-state index is 6.27. The molecule has 0 spiro atoms. The molecule has 0 radical (unpaired) electrons. The van der Waals surface area contributed by atoms with E-state index in [4.69, 9.17) is 29.0 Å². The van der Waals surface area contributed by atoms with Gasteiger partial charge in [-0.3, -0.25) is 14.9 Å². The molecule has 0 aromatic carbocycles. The van der Waals surface area contributed by atoms with Crippen LogP contribution < -0.4 is 0 Å². The summed E-state index contributed by atoms with van der Waals surface area (Å²) in [7, 11) is 1.76. The van der Waals surface area contributed by atoms with Gasteiger partial charge in [0, 0.05) is 65.9 Å². The minimum Gasteiger partial charge on any atom is -0.379 e. The molecule has 252 valence electrons. The summed E-state index contributed by atoms with van der Waals surface area (Å²) >= 11 is 0. The zero-order valence-corrected chi connectivity index (χ0v) is 30.5. The minimum atomic E-state index is -0.0908. The van der Waals surface area contributed by atoms with Crippen LogP contribution in [0.5, 0.6) is 0 Å². The van der Waals surface area contributed by atoms with Crippen LogP contribution in [0.2, 0.25) is 0 Å². The summed E-state index contributed by atoms with van der Waals surface area (Å²) in [4.78, 5) is 18.5. The smallest absolute Gasteiger partial charge is 0.0781 e. The third-order valence-corrected chi connectivity index (χ3v) is 9.00. The highest BCUT2D eigenvalue weighted by Gasteiger charge is 2.45. The van der Waals surface area contributed by atoms with Gasteiger partial charge in [-0.25, -0.2) is 0 Å². The zero-order valence-electron chi connectivity index (χ0n) is 30.5. The summed E-state index contributed by atoms with van der Waals surface area (Å²) in [5, 5.41) is 2.12. The summed E-state index contributed by atoms with van der Waals surface area (Å²) in [5.74, 6) is 0. The highest BCUT2D eigenvalue weighted by atomic mass is 16.7. The maximum Gasteiger partial charge on any atom is 0.0781 e. The third kappa shape index (κ3) is 11.4. The average Bonchev–Trinajstić information content (AvgIpc) is 2.84. The first-order valence-corrected chi connectivity index (χ1v) is 16.9. The summed E-state index contributed by atoms with van der Waals surface area (Å²) in [6, 6.07) is 0.270. The fourth-order valence-corrected chi connectivity index (χ4v) is 7.82. The largest absolute Gasteiger partial charge is 0.379 e. The van der Waals surface area contributed by atoms with Gasteiger partial charge in [0.05, 0.1) is 51.2 Å². The van der Waals surface area contributed by atoms with Crippen LogP contribution in [0.3, 0.4) is 0 Å². The Morgan fingerprint density at radius 1 is 0.698 bits per heavy atom. The Bertz CT molecular complexity index is 874. The maximum absolute atomic E-state index is 6.27. The number of aliphatic imine (C=N–C) groups is 2. The van der Waals surface area contributed by atoms with Gasteiger partial charge >= 0.3 is 0 Å². The lowest BCUT2D eigenvalue weighted by molar-refractivity contribution is -0.249. The number of rotatable bonds is 16. The van der Waals surface area contributed by atoms with E-state index in [9.17, 15) is 0 Å². The van der Waals surface area contributed by atoms with Gasteiger partial charge in [0.15, 0.2) is 0 Å². The molecule has 3 unspecified atom stereocenters. The number of likely N-dealkylation sites (tertiary alicyclic amines) is 1. The number of hydrogen-bond acceptors (Lipinski definition) is 8. The lowest BCUT2D eigenvalue weighted by Gasteiger charge is -2.53. The normalized spacial score (nSPS) is 24.8. The lowest BCUT2D eigenvalue weighted by atomic mass is 9.78. The molecule has 2 rings (SSSR count). The van der Waals surface area contributed by atoms with E-state index in [0.29, 0.717) is 26.4 Å². The van der Waals surface area contributed by atoms with Gasteiger partial charge in [0.25, 0.3) is 0 Å². The van der Waals surface area contributed by atoms with Gasteiger partial charge in [0.1, 0.15) is 0 Å². The molecule has 0 bridgehead atoms. The quantitative estimate of drug-likeness (QED) is 0.174. The third-order valence-electron chi connectivity index (χ3n) is 9.00. The van der Waals surface area contributed by atoms with Gasteiger partial charge in [-0.1, -0.05) is 13.8 Å². The Kier molecular flexibility index (Phi) is 14.3. The summed E-state index contributed by atoms with van der Waals surface area (Å²) in [6.45, 7) is 32.6. The van der Waals surface area contributed by atoms with Gasteiger partial charge in [0.2, 0.25) is 0 Å². The molecule has 0 aliphatic carbocycles. The van der Waals surface area contributed by atoms with Crippen molar-refractivity contribution in [3.05, 3.63) is 0 Å². The van der Waals surface area contributed by atoms with E-state index in [1.165, 1.54) is 11.4 Å². The van der Waals surface area contributed by atoms with Gasteiger partial charge in [-0.05, 0) is 95.5 Å². The molecule has 0 aromatic heterocycles. The molecule has 0 aromatic rings. The van der Waals surface area contributed by atoms with E-state index in [0.717, 1.165) is 45.1 Å². The molecule has 2 heterocycles. The molecule has 8 heteroatoms. The molecular weight excluding hydrogens is 540 g/mol. The summed E-state index contributed by atoms with van der Waals surface area (Å²) in [5.41, 5.74) is 2.63. The molecular formula is C35H68N4O4. The van der Waals surface area contributed by atoms with E-state index in [1.54, 1.807) is 7.11 Å². The Morgan fingerprint density at radius 3 is 1.60 bits per heavy atom. The lowest BCUT2D eigenvalue weighted by Crippen LogP contribution is -2.60. The van der Waals surface area contributed by atoms with Crippen molar-refractivity contribution in [1.82, 2.24) is 9.96 Å². The molecule has 4 atom stereocenters. The van der Waals surface area contributed by atoms with Crippen LogP contribution in [0.25, 0.3) is 0 Å². The molecule has 2 fully saturated rings. The Balaban J connectivity index is 1.71. The first-order chi connectivity index (χ1) is 19.9.